The van der Waals surface area contributed by atoms with Crippen LogP contribution in [0.5, 0.6) is 0 Å². The van der Waals surface area contributed by atoms with Crippen molar-refractivity contribution < 1.29 is 5.11 Å². The Kier molecular flexibility index (Phi) is 3.04. The van der Waals surface area contributed by atoms with Crippen molar-refractivity contribution in [2.24, 2.45) is 5.84 Å². The van der Waals surface area contributed by atoms with Gasteiger partial charge in [-0.3, -0.25) is 16.5 Å². The summed E-state index contributed by atoms with van der Waals surface area (Å²) < 4.78 is 0. The predicted octanol–water partition coefficient (Wildman–Crippen LogP) is -2.37. The molecule has 5 heteroatoms. The molecule has 5 N–H and O–H groups in total. The Morgan fingerprint density at radius 2 is 2.60 bits per heavy atom. The second kappa shape index (κ2) is 3.85. The highest BCUT2D eigenvalue weighted by Crippen LogP contribution is 1.90. The van der Waals surface area contributed by atoms with E-state index in [2.05, 4.69) is 10.6 Å². The fourth-order valence-corrected chi connectivity index (χ4v) is 0.967. The quantitative estimate of drug-likeness (QED) is 0.335. The van der Waals surface area contributed by atoms with Crippen molar-refractivity contribution in [1.29, 1.82) is 0 Å². The van der Waals surface area contributed by atoms with Gasteiger partial charge in [-0.2, -0.15) is 0 Å². The normalized spacial score (nSPS) is 27.6. The van der Waals surface area contributed by atoms with Gasteiger partial charge in [0.25, 0.3) is 0 Å². The zero-order valence-electron chi connectivity index (χ0n) is 5.88. The Bertz CT molecular complexity index is 99.6. The first-order valence-corrected chi connectivity index (χ1v) is 3.43. The van der Waals surface area contributed by atoms with E-state index < -0.39 is 0 Å². The van der Waals surface area contributed by atoms with Gasteiger partial charge in [0.2, 0.25) is 0 Å². The maximum absolute atomic E-state index is 8.46. The highest BCUT2D eigenvalue weighted by molar-refractivity contribution is 4.70. The first-order chi connectivity index (χ1) is 4.84. The first kappa shape index (κ1) is 7.90. The molecule has 0 radical (unpaired) electrons. The molecule has 1 aliphatic heterocycles. The molecule has 1 rings (SSSR count). The molecule has 1 fully saturated rings. The van der Waals surface area contributed by atoms with Gasteiger partial charge in [-0.15, -0.1) is 0 Å². The lowest BCUT2D eigenvalue weighted by Crippen LogP contribution is -2.51. The molecule has 0 aromatic carbocycles. The van der Waals surface area contributed by atoms with Crippen molar-refractivity contribution in [3.8, 4) is 0 Å². The Morgan fingerprint density at radius 1 is 1.80 bits per heavy atom. The van der Waals surface area contributed by atoms with Crippen molar-refractivity contribution in [3.63, 3.8) is 0 Å². The summed E-state index contributed by atoms with van der Waals surface area (Å²) in [6, 6.07) is 0. The third kappa shape index (κ3) is 1.89. The molecule has 0 bridgehead atoms. The fourth-order valence-electron chi connectivity index (χ4n) is 0.967. The molecule has 60 valence electrons. The lowest BCUT2D eigenvalue weighted by Gasteiger charge is -2.19. The van der Waals surface area contributed by atoms with Crippen LogP contribution < -0.4 is 16.5 Å². The van der Waals surface area contributed by atoms with Crippen LogP contribution in [0, 0.1) is 0 Å². The zero-order chi connectivity index (χ0) is 7.40. The van der Waals surface area contributed by atoms with Crippen LogP contribution in [0.15, 0.2) is 0 Å². The van der Waals surface area contributed by atoms with Gasteiger partial charge in [0.15, 0.2) is 0 Å². The number of nitrogens with one attached hydrogen (secondary N) is 2. The van der Waals surface area contributed by atoms with Gasteiger partial charge in [0.05, 0.1) is 6.61 Å². The van der Waals surface area contributed by atoms with Gasteiger partial charge in [-0.1, -0.05) is 0 Å². The molecular weight excluding hydrogens is 132 g/mol. The predicted molar refractivity (Wildman–Crippen MR) is 37.8 cm³/mol. The molecule has 0 aliphatic carbocycles. The van der Waals surface area contributed by atoms with Crippen LogP contribution in [0.3, 0.4) is 0 Å². The highest BCUT2D eigenvalue weighted by atomic mass is 16.3. The third-order valence-corrected chi connectivity index (χ3v) is 1.49. The summed E-state index contributed by atoms with van der Waals surface area (Å²) in [5, 5.41) is 16.3. The molecule has 1 aliphatic rings. The lowest BCUT2D eigenvalue weighted by molar-refractivity contribution is 0.191. The summed E-state index contributed by atoms with van der Waals surface area (Å²) in [7, 11) is 0. The number of aliphatic hydroxyl groups excluding tert-OH is 1. The van der Waals surface area contributed by atoms with E-state index in [9.17, 15) is 0 Å². The van der Waals surface area contributed by atoms with Gasteiger partial charge in [0.1, 0.15) is 6.29 Å². The number of aliphatic hydroxyl groups is 1. The number of hydrogen-bond donors (Lipinski definition) is 4. The minimum Gasteiger partial charge on any atom is -0.395 e. The Balaban J connectivity index is 2.14. The van der Waals surface area contributed by atoms with Crippen molar-refractivity contribution in [1.82, 2.24) is 15.6 Å². The largest absolute Gasteiger partial charge is 0.395 e. The standard InChI is InChI=1S/C5H14N4O/c6-9-3-1-7-5(9)8-2-4-10/h5,7-8,10H,1-4,6H2. The second-order valence-corrected chi connectivity index (χ2v) is 2.27. The fraction of sp³-hybridized carbons (Fsp3) is 1.00. The van der Waals surface area contributed by atoms with Gasteiger partial charge in [-0.25, -0.2) is 5.01 Å². The number of hydrazine groups is 1. The zero-order valence-corrected chi connectivity index (χ0v) is 5.88. The molecule has 5 nitrogen and oxygen atoms in total. The number of rotatable bonds is 3. The maximum atomic E-state index is 8.46. The van der Waals surface area contributed by atoms with Crippen LogP contribution in [-0.2, 0) is 0 Å². The molecular formula is C5H14N4O. The number of nitrogens with zero attached hydrogens (tertiary/aromatic N) is 1. The van der Waals surface area contributed by atoms with Crippen LogP contribution in [0.1, 0.15) is 0 Å². The molecule has 0 spiro atoms. The summed E-state index contributed by atoms with van der Waals surface area (Å²) in [6.45, 7) is 2.47. The average Bonchev–Trinajstić information content (AvgIpc) is 2.31. The van der Waals surface area contributed by atoms with Crippen LogP contribution in [0.2, 0.25) is 0 Å². The number of nitrogens with two attached hydrogens (primary N) is 1. The van der Waals surface area contributed by atoms with E-state index in [1.807, 2.05) is 0 Å². The summed E-state index contributed by atoms with van der Waals surface area (Å²) in [5.41, 5.74) is 0. The SMILES string of the molecule is NN1CCNC1NCCO. The summed E-state index contributed by atoms with van der Waals surface area (Å²) in [4.78, 5) is 0. The molecule has 0 aromatic rings. The Hall–Kier alpha value is -0.200. The molecule has 1 heterocycles. The third-order valence-electron chi connectivity index (χ3n) is 1.49. The van der Waals surface area contributed by atoms with Crippen molar-refractivity contribution >= 4 is 0 Å². The molecule has 0 aromatic heterocycles. The van der Waals surface area contributed by atoms with E-state index in [4.69, 9.17) is 10.9 Å². The van der Waals surface area contributed by atoms with E-state index >= 15 is 0 Å². The smallest absolute Gasteiger partial charge is 0.127 e. The van der Waals surface area contributed by atoms with E-state index in [1.165, 1.54) is 0 Å². The monoisotopic (exact) mass is 146 g/mol. The van der Waals surface area contributed by atoms with Gasteiger partial charge in [0, 0.05) is 19.6 Å². The van der Waals surface area contributed by atoms with E-state index in [1.54, 1.807) is 5.01 Å². The molecule has 1 saturated heterocycles. The topological polar surface area (TPSA) is 73.5 Å². The van der Waals surface area contributed by atoms with Crippen molar-refractivity contribution in [2.45, 2.75) is 6.29 Å². The lowest BCUT2D eigenvalue weighted by atomic mass is 10.6. The van der Waals surface area contributed by atoms with Gasteiger partial charge >= 0.3 is 0 Å². The summed E-state index contributed by atoms with van der Waals surface area (Å²) in [6.07, 6.45) is 0.0344. The van der Waals surface area contributed by atoms with Crippen LogP contribution in [0.25, 0.3) is 0 Å². The molecule has 0 saturated carbocycles. The van der Waals surface area contributed by atoms with Gasteiger partial charge < -0.3 is 5.11 Å². The Labute approximate surface area is 60.2 Å². The first-order valence-electron chi connectivity index (χ1n) is 3.43. The van der Waals surface area contributed by atoms with E-state index in [0.29, 0.717) is 6.54 Å². The molecule has 0 amide bonds. The maximum Gasteiger partial charge on any atom is 0.127 e. The minimum atomic E-state index is 0.0344. The van der Waals surface area contributed by atoms with Crippen molar-refractivity contribution in [3.05, 3.63) is 0 Å². The van der Waals surface area contributed by atoms with Gasteiger partial charge in [-0.05, 0) is 0 Å². The van der Waals surface area contributed by atoms with Crippen molar-refractivity contribution in [2.75, 3.05) is 26.2 Å². The minimum absolute atomic E-state index is 0.0344. The molecule has 1 atom stereocenters. The second-order valence-electron chi connectivity index (χ2n) is 2.27. The van der Waals surface area contributed by atoms with Crippen LogP contribution in [0.4, 0.5) is 0 Å². The average molecular weight is 146 g/mol. The van der Waals surface area contributed by atoms with Crippen LogP contribution in [-0.4, -0.2) is 42.6 Å². The van der Waals surface area contributed by atoms with E-state index in [0.717, 1.165) is 13.1 Å². The van der Waals surface area contributed by atoms with Crippen LogP contribution >= 0.6 is 0 Å². The number of hydrogen-bond acceptors (Lipinski definition) is 5. The molecule has 1 unspecified atom stereocenters. The summed E-state index contributed by atoms with van der Waals surface area (Å²) >= 11 is 0. The highest BCUT2D eigenvalue weighted by Gasteiger charge is 2.18. The molecule has 10 heavy (non-hydrogen) atoms. The Morgan fingerprint density at radius 3 is 3.10 bits per heavy atom. The van der Waals surface area contributed by atoms with E-state index in [-0.39, 0.29) is 12.9 Å². The summed E-state index contributed by atoms with van der Waals surface area (Å²) in [5.74, 6) is 5.55.